The predicted octanol–water partition coefficient (Wildman–Crippen LogP) is 2.67. The van der Waals surface area contributed by atoms with Gasteiger partial charge in [-0.25, -0.2) is 15.6 Å². The van der Waals surface area contributed by atoms with Gasteiger partial charge in [-0.2, -0.15) is 0 Å². The molecular formula is C15H20N2O2. The average molecular weight is 260 g/mol. The smallest absolute Gasteiger partial charge is 0.425 e. The van der Waals surface area contributed by atoms with Crippen LogP contribution in [0.4, 0.5) is 4.79 Å². The summed E-state index contributed by atoms with van der Waals surface area (Å²) in [5.41, 5.74) is 1.06. The number of nitrogens with two attached hydrogens (primary N) is 1. The highest BCUT2D eigenvalue weighted by Crippen LogP contribution is 2.56. The van der Waals surface area contributed by atoms with Crippen molar-refractivity contribution in [3.8, 4) is 0 Å². The normalized spacial score (nSPS) is 35.6. The molecule has 1 aromatic rings. The van der Waals surface area contributed by atoms with Crippen LogP contribution in [-0.4, -0.2) is 16.7 Å². The van der Waals surface area contributed by atoms with Gasteiger partial charge in [-0.3, -0.25) is 0 Å². The number of ether oxygens (including phenoxy) is 1. The van der Waals surface area contributed by atoms with E-state index in [4.69, 9.17) is 10.6 Å². The maximum atomic E-state index is 12.0. The number of benzene rings is 1. The van der Waals surface area contributed by atoms with Gasteiger partial charge in [0.2, 0.25) is 0 Å². The summed E-state index contributed by atoms with van der Waals surface area (Å²) < 4.78 is 5.62. The minimum Gasteiger partial charge on any atom is -0.439 e. The van der Waals surface area contributed by atoms with E-state index in [1.165, 1.54) is 10.6 Å². The zero-order chi connectivity index (χ0) is 14.1. The van der Waals surface area contributed by atoms with E-state index in [0.29, 0.717) is 0 Å². The molecule has 1 aliphatic heterocycles. The zero-order valence-electron chi connectivity index (χ0n) is 11.9. The summed E-state index contributed by atoms with van der Waals surface area (Å²) in [5, 5.41) is 1.25. The molecule has 0 radical (unpaired) electrons. The lowest BCUT2D eigenvalue weighted by atomic mass is 9.59. The number of hydrogen-bond donors (Lipinski definition) is 1. The number of hydrazine groups is 1. The van der Waals surface area contributed by atoms with Crippen molar-refractivity contribution in [2.24, 2.45) is 5.84 Å². The third-order valence-electron chi connectivity index (χ3n) is 4.98. The van der Waals surface area contributed by atoms with Crippen LogP contribution in [0.5, 0.6) is 0 Å². The van der Waals surface area contributed by atoms with Gasteiger partial charge in [0, 0.05) is 0 Å². The molecule has 2 N–H and O–H groups in total. The quantitative estimate of drug-likeness (QED) is 0.576. The molecule has 1 heterocycles. The summed E-state index contributed by atoms with van der Waals surface area (Å²) >= 11 is 0. The summed E-state index contributed by atoms with van der Waals surface area (Å²) in [4.78, 5) is 12.0. The lowest BCUT2D eigenvalue weighted by Crippen LogP contribution is -2.60. The number of rotatable bonds is 0. The van der Waals surface area contributed by atoms with Crippen LogP contribution in [-0.2, 0) is 15.7 Å². The van der Waals surface area contributed by atoms with E-state index in [9.17, 15) is 4.79 Å². The van der Waals surface area contributed by atoms with Crippen LogP contribution in [0.15, 0.2) is 24.3 Å². The Morgan fingerprint density at radius 1 is 1.16 bits per heavy atom. The van der Waals surface area contributed by atoms with Crippen LogP contribution in [0.3, 0.4) is 0 Å². The predicted molar refractivity (Wildman–Crippen MR) is 72.3 cm³/mol. The van der Waals surface area contributed by atoms with E-state index in [2.05, 4.69) is 26.0 Å². The Balaban J connectivity index is 2.32. The first-order valence-corrected chi connectivity index (χ1v) is 6.60. The molecule has 0 saturated carbocycles. The van der Waals surface area contributed by atoms with Gasteiger partial charge >= 0.3 is 6.09 Å². The van der Waals surface area contributed by atoms with Gasteiger partial charge in [0.25, 0.3) is 0 Å². The van der Waals surface area contributed by atoms with Gasteiger partial charge in [-0.15, -0.1) is 0 Å². The van der Waals surface area contributed by atoms with Crippen LogP contribution in [0, 0.1) is 0 Å². The summed E-state index contributed by atoms with van der Waals surface area (Å²) in [5.74, 6) is 6.01. The molecule has 1 aliphatic carbocycles. The van der Waals surface area contributed by atoms with Crippen molar-refractivity contribution in [2.75, 3.05) is 0 Å². The number of hydrogen-bond acceptors (Lipinski definition) is 3. The monoisotopic (exact) mass is 260 g/mol. The molecule has 1 saturated heterocycles. The van der Waals surface area contributed by atoms with E-state index in [-0.39, 0.29) is 5.41 Å². The molecule has 3 rings (SSSR count). The number of nitrogens with zero attached hydrogens (tertiary/aromatic N) is 1. The van der Waals surface area contributed by atoms with Crippen molar-refractivity contribution in [3.05, 3.63) is 35.4 Å². The lowest BCUT2D eigenvalue weighted by molar-refractivity contribution is -0.0294. The van der Waals surface area contributed by atoms with Crippen LogP contribution in [0.2, 0.25) is 0 Å². The van der Waals surface area contributed by atoms with E-state index < -0.39 is 17.2 Å². The molecule has 0 aromatic heterocycles. The molecule has 2 aliphatic rings. The molecule has 1 fully saturated rings. The van der Waals surface area contributed by atoms with Gasteiger partial charge < -0.3 is 4.74 Å². The van der Waals surface area contributed by atoms with Crippen molar-refractivity contribution in [1.82, 2.24) is 5.01 Å². The molecule has 19 heavy (non-hydrogen) atoms. The fourth-order valence-corrected chi connectivity index (χ4v) is 3.84. The molecule has 4 nitrogen and oxygen atoms in total. The van der Waals surface area contributed by atoms with E-state index in [1.54, 1.807) is 0 Å². The van der Waals surface area contributed by atoms with Gasteiger partial charge in [0.05, 0.1) is 0 Å². The van der Waals surface area contributed by atoms with Crippen molar-refractivity contribution >= 4 is 6.09 Å². The molecule has 1 aromatic carbocycles. The van der Waals surface area contributed by atoms with E-state index in [1.807, 2.05) is 26.0 Å². The van der Waals surface area contributed by atoms with Crippen LogP contribution in [0.1, 0.15) is 45.2 Å². The molecule has 4 heteroatoms. The fourth-order valence-electron chi connectivity index (χ4n) is 3.84. The van der Waals surface area contributed by atoms with Crippen LogP contribution in [0.25, 0.3) is 0 Å². The molecule has 0 bridgehead atoms. The summed E-state index contributed by atoms with van der Waals surface area (Å²) in [6.45, 7) is 8.34. The Hall–Kier alpha value is -1.55. The Morgan fingerprint density at radius 3 is 2.37 bits per heavy atom. The van der Waals surface area contributed by atoms with Crippen molar-refractivity contribution in [1.29, 1.82) is 0 Å². The zero-order valence-corrected chi connectivity index (χ0v) is 11.9. The Kier molecular flexibility index (Phi) is 2.17. The van der Waals surface area contributed by atoms with Gasteiger partial charge in [0.1, 0.15) is 11.1 Å². The third-order valence-corrected chi connectivity index (χ3v) is 4.98. The first-order valence-electron chi connectivity index (χ1n) is 6.60. The fraction of sp³-hybridized carbons (Fsp3) is 0.533. The maximum absolute atomic E-state index is 12.0. The molecular weight excluding hydrogens is 240 g/mol. The third kappa shape index (κ3) is 1.30. The first kappa shape index (κ1) is 12.5. The van der Waals surface area contributed by atoms with E-state index in [0.717, 1.165) is 12.0 Å². The number of carbonyl (C=O) groups excluding carboxylic acids is 1. The van der Waals surface area contributed by atoms with Gasteiger partial charge in [-0.05, 0) is 36.8 Å². The van der Waals surface area contributed by atoms with Crippen molar-refractivity contribution < 1.29 is 9.53 Å². The van der Waals surface area contributed by atoms with Crippen LogP contribution < -0.4 is 5.84 Å². The molecule has 102 valence electrons. The second kappa shape index (κ2) is 3.31. The second-order valence-corrected chi connectivity index (χ2v) is 6.65. The lowest BCUT2D eigenvalue weighted by Gasteiger charge is -2.50. The first-order chi connectivity index (χ1) is 8.72. The summed E-state index contributed by atoms with van der Waals surface area (Å²) in [6, 6.07) is 8.20. The maximum Gasteiger partial charge on any atom is 0.425 e. The SMILES string of the molecule is CC1(C)C[C@]2(C)OC(=O)N(N)[C@]2(C)c2ccccc21. The largest absolute Gasteiger partial charge is 0.439 e. The van der Waals surface area contributed by atoms with Gasteiger partial charge in [0.15, 0.2) is 0 Å². The average Bonchev–Trinajstić information content (AvgIpc) is 2.50. The Bertz CT molecular complexity index is 569. The summed E-state index contributed by atoms with van der Waals surface area (Å²) in [7, 11) is 0. The molecule has 2 atom stereocenters. The molecule has 0 unspecified atom stereocenters. The van der Waals surface area contributed by atoms with Crippen LogP contribution >= 0.6 is 0 Å². The minimum absolute atomic E-state index is 0.0453. The molecule has 1 amide bonds. The van der Waals surface area contributed by atoms with Gasteiger partial charge in [-0.1, -0.05) is 38.1 Å². The van der Waals surface area contributed by atoms with Crippen molar-refractivity contribution in [2.45, 2.75) is 50.7 Å². The van der Waals surface area contributed by atoms with E-state index >= 15 is 0 Å². The minimum atomic E-state index is -0.615. The summed E-state index contributed by atoms with van der Waals surface area (Å²) in [6.07, 6.45) is 0.310. The number of carbonyl (C=O) groups is 1. The highest BCUT2D eigenvalue weighted by molar-refractivity contribution is 5.73. The Morgan fingerprint density at radius 2 is 1.74 bits per heavy atom. The standard InChI is InChI=1S/C15H20N2O2/c1-13(2)9-14(3)15(4,17(16)12(18)19-14)11-8-6-5-7-10(11)13/h5-8H,9,16H2,1-4H3/t14-,15+/m0/s1. The van der Waals surface area contributed by atoms with Crippen molar-refractivity contribution in [3.63, 3.8) is 0 Å². The highest BCUT2D eigenvalue weighted by Gasteiger charge is 2.65. The second-order valence-electron chi connectivity index (χ2n) is 6.65. The number of fused-ring (bicyclic) bond motifs is 3. The molecule has 0 spiro atoms. The number of amides is 1. The topological polar surface area (TPSA) is 55.6 Å². The Labute approximate surface area is 113 Å². The highest BCUT2D eigenvalue weighted by atomic mass is 16.6.